The third kappa shape index (κ3) is 7.61. The number of guanidine groups is 1. The van der Waals surface area contributed by atoms with Crippen LogP contribution in [0, 0.1) is 0 Å². The molecular formula is C18H22BrIN4O2. The molecule has 0 unspecified atom stereocenters. The fraction of sp³-hybridized carbons (Fsp3) is 0.222. The molecule has 0 bridgehead atoms. The summed E-state index contributed by atoms with van der Waals surface area (Å²) in [4.78, 5) is 16.2. The summed E-state index contributed by atoms with van der Waals surface area (Å²) in [5.74, 6) is 0.965. The average molecular weight is 533 g/mol. The van der Waals surface area contributed by atoms with Crippen LogP contribution in [0.5, 0.6) is 5.75 Å². The van der Waals surface area contributed by atoms with E-state index in [-0.39, 0.29) is 29.9 Å². The molecular weight excluding hydrogens is 511 g/mol. The quantitative estimate of drug-likeness (QED) is 0.220. The van der Waals surface area contributed by atoms with Gasteiger partial charge in [-0.25, -0.2) is 0 Å². The molecule has 6 nitrogen and oxygen atoms in total. The Balaban J connectivity index is 0.00000338. The van der Waals surface area contributed by atoms with Crippen LogP contribution in [0.15, 0.2) is 58.0 Å². The highest BCUT2D eigenvalue weighted by Gasteiger charge is 2.04. The normalized spacial score (nSPS) is 10.6. The van der Waals surface area contributed by atoms with Gasteiger partial charge in [0.15, 0.2) is 5.96 Å². The standard InChI is InChI=1S/C18H21BrN4O2.HI/c1-25-16-8-3-7-15(12-16)23-18(20)22-10-4-9-21-17(24)13-5-2-6-14(19)11-13;/h2-3,5-8,11-12H,4,9-10H2,1H3,(H,21,24)(H3,20,22,23);1H. The number of nitrogens with two attached hydrogens (primary N) is 1. The van der Waals surface area contributed by atoms with Gasteiger partial charge in [-0.05, 0) is 36.8 Å². The van der Waals surface area contributed by atoms with E-state index in [2.05, 4.69) is 31.6 Å². The summed E-state index contributed by atoms with van der Waals surface area (Å²) in [5, 5.41) is 5.86. The Bertz CT molecular complexity index is 755. The van der Waals surface area contributed by atoms with Gasteiger partial charge in [0.25, 0.3) is 5.91 Å². The topological polar surface area (TPSA) is 88.7 Å². The number of ether oxygens (including phenoxy) is 1. The first-order valence-electron chi connectivity index (χ1n) is 7.83. The van der Waals surface area contributed by atoms with Gasteiger partial charge in [-0.1, -0.05) is 28.1 Å². The van der Waals surface area contributed by atoms with Crippen LogP contribution in [0.2, 0.25) is 0 Å². The summed E-state index contributed by atoms with van der Waals surface area (Å²) in [7, 11) is 1.61. The number of nitrogens with one attached hydrogen (secondary N) is 2. The first-order chi connectivity index (χ1) is 12.1. The molecule has 26 heavy (non-hydrogen) atoms. The first-order valence-corrected chi connectivity index (χ1v) is 8.62. The van der Waals surface area contributed by atoms with E-state index >= 15 is 0 Å². The van der Waals surface area contributed by atoms with Crippen LogP contribution >= 0.6 is 39.9 Å². The first kappa shape index (κ1) is 22.2. The van der Waals surface area contributed by atoms with Crippen molar-refractivity contribution < 1.29 is 9.53 Å². The number of nitrogens with zero attached hydrogens (tertiary/aromatic N) is 1. The van der Waals surface area contributed by atoms with Crippen molar-refractivity contribution in [3.63, 3.8) is 0 Å². The van der Waals surface area contributed by atoms with Gasteiger partial charge in [-0.15, -0.1) is 24.0 Å². The van der Waals surface area contributed by atoms with Gasteiger partial charge in [-0.2, -0.15) is 0 Å². The molecule has 0 aromatic heterocycles. The number of carbonyl (C=O) groups is 1. The molecule has 1 amide bonds. The molecule has 4 N–H and O–H groups in total. The zero-order valence-electron chi connectivity index (χ0n) is 14.4. The van der Waals surface area contributed by atoms with Crippen LogP contribution < -0.4 is 21.1 Å². The highest BCUT2D eigenvalue weighted by molar-refractivity contribution is 14.0. The molecule has 0 atom stereocenters. The van der Waals surface area contributed by atoms with E-state index in [0.717, 1.165) is 15.9 Å². The Labute approximate surface area is 178 Å². The van der Waals surface area contributed by atoms with Crippen LogP contribution in [0.4, 0.5) is 5.69 Å². The fourth-order valence-electron chi connectivity index (χ4n) is 2.10. The van der Waals surface area contributed by atoms with Crippen molar-refractivity contribution in [2.45, 2.75) is 6.42 Å². The third-order valence-corrected chi connectivity index (χ3v) is 3.82. The summed E-state index contributed by atoms with van der Waals surface area (Å²) in [6.45, 7) is 1.04. The molecule has 8 heteroatoms. The summed E-state index contributed by atoms with van der Waals surface area (Å²) in [5.41, 5.74) is 7.28. The predicted octanol–water partition coefficient (Wildman–Crippen LogP) is 3.62. The second-order valence-electron chi connectivity index (χ2n) is 5.24. The van der Waals surface area contributed by atoms with Crippen molar-refractivity contribution >= 4 is 57.5 Å². The summed E-state index contributed by atoms with van der Waals surface area (Å²) >= 11 is 3.35. The van der Waals surface area contributed by atoms with E-state index in [4.69, 9.17) is 10.5 Å². The van der Waals surface area contributed by atoms with Gasteiger partial charge < -0.3 is 21.1 Å². The highest BCUT2D eigenvalue weighted by Crippen LogP contribution is 2.16. The maximum atomic E-state index is 12.0. The minimum atomic E-state index is -0.104. The Morgan fingerprint density at radius 1 is 1.23 bits per heavy atom. The predicted molar refractivity (Wildman–Crippen MR) is 120 cm³/mol. The monoisotopic (exact) mass is 532 g/mol. The molecule has 0 aliphatic heterocycles. The van der Waals surface area contributed by atoms with Gasteiger partial charge in [0.05, 0.1) is 7.11 Å². The SMILES string of the molecule is COc1cccc(NC(N)=NCCCNC(=O)c2cccc(Br)c2)c1.I. The lowest BCUT2D eigenvalue weighted by Crippen LogP contribution is -2.26. The summed E-state index contributed by atoms with van der Waals surface area (Å²) in [6.07, 6.45) is 0.695. The number of hydrogen-bond donors (Lipinski definition) is 3. The smallest absolute Gasteiger partial charge is 0.251 e. The minimum absolute atomic E-state index is 0. The Kier molecular flexibility index (Phi) is 10.0. The van der Waals surface area contributed by atoms with Crippen LogP contribution in [0.1, 0.15) is 16.8 Å². The zero-order chi connectivity index (χ0) is 18.1. The number of aliphatic imine (C=N–C) groups is 1. The molecule has 0 fully saturated rings. The van der Waals surface area contributed by atoms with Crippen molar-refractivity contribution in [3.05, 3.63) is 58.6 Å². The minimum Gasteiger partial charge on any atom is -0.497 e. The van der Waals surface area contributed by atoms with E-state index in [1.807, 2.05) is 36.4 Å². The van der Waals surface area contributed by atoms with Gasteiger partial charge >= 0.3 is 0 Å². The average Bonchev–Trinajstić information content (AvgIpc) is 2.61. The van der Waals surface area contributed by atoms with Crippen LogP contribution in [-0.2, 0) is 0 Å². The molecule has 0 heterocycles. The summed E-state index contributed by atoms with van der Waals surface area (Å²) < 4.78 is 6.03. The molecule has 2 rings (SSSR count). The lowest BCUT2D eigenvalue weighted by atomic mass is 10.2. The van der Waals surface area contributed by atoms with E-state index in [9.17, 15) is 4.79 Å². The number of hydrogen-bond acceptors (Lipinski definition) is 3. The van der Waals surface area contributed by atoms with Crippen molar-refractivity contribution in [1.82, 2.24) is 5.32 Å². The van der Waals surface area contributed by atoms with Crippen molar-refractivity contribution in [2.24, 2.45) is 10.7 Å². The molecule has 0 spiro atoms. The Morgan fingerprint density at radius 3 is 2.73 bits per heavy atom. The Hall–Kier alpha value is -1.81. The number of anilines is 1. The third-order valence-electron chi connectivity index (χ3n) is 3.33. The molecule has 0 aliphatic rings. The Morgan fingerprint density at radius 2 is 2.00 bits per heavy atom. The van der Waals surface area contributed by atoms with Gasteiger partial charge in [-0.3, -0.25) is 9.79 Å². The van der Waals surface area contributed by atoms with E-state index in [1.165, 1.54) is 0 Å². The number of benzene rings is 2. The van der Waals surface area contributed by atoms with Crippen LogP contribution in [-0.4, -0.2) is 32.1 Å². The van der Waals surface area contributed by atoms with Crippen molar-refractivity contribution in [1.29, 1.82) is 0 Å². The molecule has 0 aliphatic carbocycles. The molecule has 140 valence electrons. The number of rotatable bonds is 7. The molecule has 2 aromatic carbocycles. The fourth-order valence-corrected chi connectivity index (χ4v) is 2.50. The summed E-state index contributed by atoms with van der Waals surface area (Å²) in [6, 6.07) is 14.7. The van der Waals surface area contributed by atoms with Crippen molar-refractivity contribution in [2.75, 3.05) is 25.5 Å². The van der Waals surface area contributed by atoms with Gasteiger partial charge in [0.1, 0.15) is 5.75 Å². The molecule has 0 radical (unpaired) electrons. The number of amides is 1. The largest absolute Gasteiger partial charge is 0.497 e. The van der Waals surface area contributed by atoms with Crippen LogP contribution in [0.25, 0.3) is 0 Å². The second-order valence-corrected chi connectivity index (χ2v) is 6.16. The number of methoxy groups -OCH3 is 1. The van der Waals surface area contributed by atoms with Crippen LogP contribution in [0.3, 0.4) is 0 Å². The lowest BCUT2D eigenvalue weighted by molar-refractivity contribution is 0.0953. The van der Waals surface area contributed by atoms with Gasteiger partial charge in [0.2, 0.25) is 0 Å². The van der Waals surface area contributed by atoms with Gasteiger partial charge in [0, 0.05) is 34.9 Å². The van der Waals surface area contributed by atoms with E-state index in [0.29, 0.717) is 31.0 Å². The lowest BCUT2D eigenvalue weighted by Gasteiger charge is -2.08. The molecule has 2 aromatic rings. The highest BCUT2D eigenvalue weighted by atomic mass is 127. The zero-order valence-corrected chi connectivity index (χ0v) is 18.3. The number of halogens is 2. The second kappa shape index (κ2) is 11.7. The maximum absolute atomic E-state index is 12.0. The molecule has 0 saturated heterocycles. The van der Waals surface area contributed by atoms with E-state index < -0.39 is 0 Å². The van der Waals surface area contributed by atoms with E-state index in [1.54, 1.807) is 19.2 Å². The molecule has 0 saturated carbocycles. The number of carbonyl (C=O) groups excluding carboxylic acids is 1. The maximum Gasteiger partial charge on any atom is 0.251 e. The van der Waals surface area contributed by atoms with Crippen molar-refractivity contribution in [3.8, 4) is 5.75 Å².